The van der Waals surface area contributed by atoms with Crippen LogP contribution in [0.25, 0.3) is 0 Å². The predicted octanol–water partition coefficient (Wildman–Crippen LogP) is 2.77. The Labute approximate surface area is 143 Å². The lowest BCUT2D eigenvalue weighted by Gasteiger charge is -2.16. The van der Waals surface area contributed by atoms with Gasteiger partial charge in [-0.1, -0.05) is 42.5 Å². The third kappa shape index (κ3) is 6.78. The molecule has 6 heteroatoms. The number of benzene rings is 2. The molecule has 0 saturated heterocycles. The molecule has 2 aromatic carbocycles. The summed E-state index contributed by atoms with van der Waals surface area (Å²) in [6.07, 6.45) is 0.728. The summed E-state index contributed by atoms with van der Waals surface area (Å²) in [4.78, 5) is 2.16. The van der Waals surface area contributed by atoms with E-state index in [-0.39, 0.29) is 11.6 Å². The number of hydrogen-bond donors (Lipinski definition) is 1. The van der Waals surface area contributed by atoms with Crippen molar-refractivity contribution in [2.24, 2.45) is 0 Å². The largest absolute Gasteiger partial charge is 0.302 e. The van der Waals surface area contributed by atoms with Crippen LogP contribution in [0.15, 0.2) is 54.6 Å². The predicted molar refractivity (Wildman–Crippen MR) is 94.4 cm³/mol. The van der Waals surface area contributed by atoms with Crippen LogP contribution in [0.2, 0.25) is 0 Å². The van der Waals surface area contributed by atoms with Crippen molar-refractivity contribution in [3.63, 3.8) is 0 Å². The molecule has 0 bridgehead atoms. The van der Waals surface area contributed by atoms with E-state index < -0.39 is 10.0 Å². The van der Waals surface area contributed by atoms with Gasteiger partial charge < -0.3 is 4.90 Å². The molecule has 0 fully saturated rings. The number of halogens is 1. The minimum absolute atomic E-state index is 0.132. The van der Waals surface area contributed by atoms with Gasteiger partial charge in [-0.05, 0) is 43.3 Å². The molecule has 0 aliphatic heterocycles. The molecule has 0 aromatic heterocycles. The molecule has 4 nitrogen and oxygen atoms in total. The van der Waals surface area contributed by atoms with Crippen LogP contribution < -0.4 is 4.72 Å². The average molecular weight is 350 g/mol. The van der Waals surface area contributed by atoms with Gasteiger partial charge in [0.1, 0.15) is 5.82 Å². The molecule has 2 rings (SSSR count). The van der Waals surface area contributed by atoms with Crippen molar-refractivity contribution >= 4 is 10.0 Å². The van der Waals surface area contributed by atoms with Crippen molar-refractivity contribution in [3.05, 3.63) is 71.5 Å². The van der Waals surface area contributed by atoms with E-state index in [9.17, 15) is 12.8 Å². The maximum absolute atomic E-state index is 12.8. The Morgan fingerprint density at radius 2 is 1.67 bits per heavy atom. The zero-order chi connectivity index (χ0) is 17.4. The number of sulfonamides is 1. The van der Waals surface area contributed by atoms with Gasteiger partial charge in [0.2, 0.25) is 10.0 Å². The van der Waals surface area contributed by atoms with Gasteiger partial charge >= 0.3 is 0 Å². The van der Waals surface area contributed by atoms with Crippen molar-refractivity contribution < 1.29 is 12.8 Å². The fraction of sp³-hybridized carbons (Fsp3) is 0.333. The van der Waals surface area contributed by atoms with Crippen LogP contribution in [0.1, 0.15) is 17.5 Å². The second-order valence-corrected chi connectivity index (χ2v) is 7.66. The molecule has 0 aliphatic carbocycles. The summed E-state index contributed by atoms with van der Waals surface area (Å²) in [5.41, 5.74) is 1.81. The van der Waals surface area contributed by atoms with Gasteiger partial charge in [0.25, 0.3) is 0 Å². The Balaban J connectivity index is 1.70. The van der Waals surface area contributed by atoms with E-state index >= 15 is 0 Å². The molecule has 0 atom stereocenters. The molecular formula is C18H23FN2O2S. The smallest absolute Gasteiger partial charge is 0.215 e. The highest BCUT2D eigenvalue weighted by Gasteiger charge is 2.11. The van der Waals surface area contributed by atoms with E-state index in [0.717, 1.165) is 19.5 Å². The van der Waals surface area contributed by atoms with Gasteiger partial charge in [0.05, 0.1) is 5.75 Å². The van der Waals surface area contributed by atoms with Crippen molar-refractivity contribution in [1.82, 2.24) is 9.62 Å². The summed E-state index contributed by atoms with van der Waals surface area (Å²) in [7, 11) is -1.38. The lowest BCUT2D eigenvalue weighted by molar-refractivity contribution is 0.322. The van der Waals surface area contributed by atoms with Crippen LogP contribution in [-0.4, -0.2) is 33.5 Å². The molecule has 0 saturated carbocycles. The van der Waals surface area contributed by atoms with Crippen molar-refractivity contribution in [2.45, 2.75) is 18.7 Å². The molecule has 0 aliphatic rings. The third-order valence-electron chi connectivity index (χ3n) is 3.60. The number of hydrogen-bond acceptors (Lipinski definition) is 3. The van der Waals surface area contributed by atoms with Gasteiger partial charge in [0, 0.05) is 13.1 Å². The van der Waals surface area contributed by atoms with E-state index in [2.05, 4.69) is 21.8 Å². The topological polar surface area (TPSA) is 49.4 Å². The summed E-state index contributed by atoms with van der Waals surface area (Å²) >= 11 is 0. The SMILES string of the molecule is CN(CCCNS(=O)(=O)Cc1ccc(F)cc1)Cc1ccccc1. The Bertz CT molecular complexity index is 718. The van der Waals surface area contributed by atoms with E-state index in [1.54, 1.807) is 0 Å². The van der Waals surface area contributed by atoms with E-state index in [1.807, 2.05) is 25.2 Å². The summed E-state index contributed by atoms with van der Waals surface area (Å²) < 4.78 is 39.4. The molecule has 0 heterocycles. The van der Waals surface area contributed by atoms with Crippen LogP contribution in [-0.2, 0) is 22.3 Å². The standard InChI is InChI=1S/C18H23FN2O2S/c1-21(14-16-6-3-2-4-7-16)13-5-12-20-24(22,23)15-17-8-10-18(19)11-9-17/h2-4,6-11,20H,5,12-15H2,1H3. The van der Waals surface area contributed by atoms with E-state index in [4.69, 9.17) is 0 Å². The quantitative estimate of drug-likeness (QED) is 0.708. The number of nitrogens with zero attached hydrogens (tertiary/aromatic N) is 1. The molecule has 0 radical (unpaired) electrons. The lowest BCUT2D eigenvalue weighted by atomic mass is 10.2. The minimum Gasteiger partial charge on any atom is -0.302 e. The fourth-order valence-corrected chi connectivity index (χ4v) is 3.59. The Kier molecular flexibility index (Phi) is 6.90. The molecule has 1 N–H and O–H groups in total. The van der Waals surface area contributed by atoms with Gasteiger partial charge in [-0.3, -0.25) is 0 Å². The molecule has 130 valence electrons. The molecule has 24 heavy (non-hydrogen) atoms. The van der Waals surface area contributed by atoms with Crippen molar-refractivity contribution in [3.8, 4) is 0 Å². The Hall–Kier alpha value is -1.76. The first-order chi connectivity index (χ1) is 11.4. The Morgan fingerprint density at radius 1 is 1.00 bits per heavy atom. The fourth-order valence-electron chi connectivity index (χ4n) is 2.40. The van der Waals surface area contributed by atoms with Gasteiger partial charge in [-0.25, -0.2) is 17.5 Å². The normalized spacial score (nSPS) is 11.8. The zero-order valence-electron chi connectivity index (χ0n) is 13.8. The monoisotopic (exact) mass is 350 g/mol. The maximum atomic E-state index is 12.8. The first-order valence-electron chi connectivity index (χ1n) is 7.89. The highest BCUT2D eigenvalue weighted by atomic mass is 32.2. The van der Waals surface area contributed by atoms with Crippen molar-refractivity contribution in [1.29, 1.82) is 0 Å². The van der Waals surface area contributed by atoms with E-state index in [0.29, 0.717) is 12.1 Å². The second kappa shape index (κ2) is 8.92. The van der Waals surface area contributed by atoms with Gasteiger partial charge in [-0.2, -0.15) is 0 Å². The zero-order valence-corrected chi connectivity index (χ0v) is 14.6. The molecule has 0 spiro atoms. The summed E-state index contributed by atoms with van der Waals surface area (Å²) in [5.74, 6) is -0.502. The minimum atomic E-state index is -3.40. The van der Waals surface area contributed by atoms with Gasteiger partial charge in [0.15, 0.2) is 0 Å². The summed E-state index contributed by atoms with van der Waals surface area (Å²) in [5, 5.41) is 0. The first kappa shape index (κ1) is 18.6. The molecular weight excluding hydrogens is 327 g/mol. The lowest BCUT2D eigenvalue weighted by Crippen LogP contribution is -2.29. The van der Waals surface area contributed by atoms with Crippen LogP contribution in [0, 0.1) is 5.82 Å². The van der Waals surface area contributed by atoms with Crippen LogP contribution in [0.4, 0.5) is 4.39 Å². The summed E-state index contributed by atoms with van der Waals surface area (Å²) in [6.45, 7) is 2.03. The average Bonchev–Trinajstić information content (AvgIpc) is 2.55. The van der Waals surface area contributed by atoms with Crippen LogP contribution >= 0.6 is 0 Å². The molecule has 2 aromatic rings. The Morgan fingerprint density at radius 3 is 2.33 bits per heavy atom. The van der Waals surface area contributed by atoms with Crippen LogP contribution in [0.5, 0.6) is 0 Å². The van der Waals surface area contributed by atoms with Crippen LogP contribution in [0.3, 0.4) is 0 Å². The molecule has 0 amide bonds. The van der Waals surface area contributed by atoms with Gasteiger partial charge in [-0.15, -0.1) is 0 Å². The van der Waals surface area contributed by atoms with E-state index in [1.165, 1.54) is 29.8 Å². The summed E-state index contributed by atoms with van der Waals surface area (Å²) in [6, 6.07) is 15.7. The molecule has 0 unspecified atom stereocenters. The highest BCUT2D eigenvalue weighted by Crippen LogP contribution is 2.07. The first-order valence-corrected chi connectivity index (χ1v) is 9.54. The third-order valence-corrected chi connectivity index (χ3v) is 4.96. The maximum Gasteiger partial charge on any atom is 0.215 e. The van der Waals surface area contributed by atoms with Crippen molar-refractivity contribution in [2.75, 3.05) is 20.1 Å². The number of rotatable bonds is 9. The highest BCUT2D eigenvalue weighted by molar-refractivity contribution is 7.88. The second-order valence-electron chi connectivity index (χ2n) is 5.86. The number of nitrogens with one attached hydrogen (secondary N) is 1.